The van der Waals surface area contributed by atoms with E-state index in [4.69, 9.17) is 45.3 Å². The molecule has 0 aliphatic heterocycles. The summed E-state index contributed by atoms with van der Waals surface area (Å²) in [6.45, 7) is 3.68. The van der Waals surface area contributed by atoms with Crippen molar-refractivity contribution in [2.45, 2.75) is 44.9 Å². The first-order valence-corrected chi connectivity index (χ1v) is 34.5. The minimum absolute atomic E-state index is 0.124. The molecule has 0 aliphatic carbocycles. The highest BCUT2D eigenvalue weighted by Crippen LogP contribution is 2.38. The molecule has 0 fully saturated rings. The van der Waals surface area contributed by atoms with Crippen molar-refractivity contribution in [1.82, 2.24) is 73.3 Å². The number of halogens is 3. The average molecular weight is 1450 g/mol. The number of aliphatic hydroxyl groups is 3. The summed E-state index contributed by atoms with van der Waals surface area (Å²) >= 11 is 18.5. The van der Waals surface area contributed by atoms with Crippen LogP contribution >= 0.6 is 34.8 Å². The highest BCUT2D eigenvalue weighted by atomic mass is 35.5. The molecule has 24 heteroatoms. The van der Waals surface area contributed by atoms with Crippen molar-refractivity contribution in [1.29, 1.82) is 10.5 Å². The molecule has 518 valence electrons. The number of tetrazole rings is 2. The monoisotopic (exact) mass is 1450 g/mol. The molecule has 0 saturated heterocycles. The van der Waals surface area contributed by atoms with Crippen LogP contribution in [0.4, 0.5) is 0 Å². The van der Waals surface area contributed by atoms with Crippen LogP contribution in [0.15, 0.2) is 261 Å². The number of aromatic nitrogens is 15. The molecule has 9 aromatic carbocycles. The molecule has 3 atom stereocenters. The normalized spacial score (nSPS) is 12.2. The summed E-state index contributed by atoms with van der Waals surface area (Å²) in [6.07, 6.45) is 7.44. The molecule has 3 unspecified atom stereocenters. The molecule has 3 N–H and O–H groups in total. The van der Waals surface area contributed by atoms with Crippen LogP contribution in [0.1, 0.15) is 85.5 Å². The maximum absolute atomic E-state index is 12.6. The Morgan fingerprint density at radius 2 is 0.802 bits per heavy atom. The Kier molecular flexibility index (Phi) is 19.4. The SMILES string of the molecule is Cc1cccc(-c2cc3nnnn3c3ccc(C(O)c4cncn4Cc4ccc(Cl)cc4)cc23)c1.Cn1c(=O)cc(-c2cccc(Cl)c2)c2cc(C(O)c3cncn3Cc3ccc(C#N)cc3)ccc21.N#Cc1ccc(Cn2cncc2C(O)c2ccc3c(c2)c(-c2cccc(Cl)c2)cc2nnnn23)cc1. The number of hydrogen-bond acceptors (Lipinski definition) is 15. The predicted octanol–water partition coefficient (Wildman–Crippen LogP) is 15.1. The van der Waals surface area contributed by atoms with Crippen LogP contribution in [0.3, 0.4) is 0 Å². The fraction of sp³-hybridized carbons (Fsp3) is 0.0976. The Labute approximate surface area is 620 Å². The maximum Gasteiger partial charge on any atom is 0.251 e. The lowest BCUT2D eigenvalue weighted by molar-refractivity contribution is 0.210. The number of pyridine rings is 3. The lowest BCUT2D eigenvalue weighted by Gasteiger charge is -2.17. The van der Waals surface area contributed by atoms with Gasteiger partial charge in [-0.2, -0.15) is 19.6 Å². The van der Waals surface area contributed by atoms with Crippen molar-refractivity contribution in [2.24, 2.45) is 7.05 Å². The number of imidazole rings is 3. The summed E-state index contributed by atoms with van der Waals surface area (Å²) in [4.78, 5) is 25.5. The van der Waals surface area contributed by atoms with Crippen molar-refractivity contribution in [3.8, 4) is 45.5 Å². The van der Waals surface area contributed by atoms with Crippen LogP contribution in [0.2, 0.25) is 15.1 Å². The zero-order chi connectivity index (χ0) is 73.1. The van der Waals surface area contributed by atoms with Crippen LogP contribution in [0, 0.1) is 29.6 Å². The summed E-state index contributed by atoms with van der Waals surface area (Å²) in [5.41, 5.74) is 18.7. The number of aliphatic hydroxyl groups excluding tert-OH is 3. The number of rotatable bonds is 15. The van der Waals surface area contributed by atoms with Gasteiger partial charge < -0.3 is 33.6 Å². The van der Waals surface area contributed by atoms with E-state index in [2.05, 4.69) is 83.3 Å². The second-order valence-electron chi connectivity index (χ2n) is 25.5. The first-order valence-electron chi connectivity index (χ1n) is 33.4. The third kappa shape index (κ3) is 14.2. The summed E-state index contributed by atoms with van der Waals surface area (Å²) in [7, 11) is 1.73. The van der Waals surface area contributed by atoms with Gasteiger partial charge >= 0.3 is 0 Å². The van der Waals surface area contributed by atoms with E-state index in [0.29, 0.717) is 85.3 Å². The van der Waals surface area contributed by atoms with Gasteiger partial charge in [0.2, 0.25) is 0 Å². The smallest absolute Gasteiger partial charge is 0.251 e. The van der Waals surface area contributed by atoms with Crippen molar-refractivity contribution >= 4 is 78.8 Å². The van der Waals surface area contributed by atoms with Crippen molar-refractivity contribution in [3.63, 3.8) is 0 Å². The number of fused-ring (bicyclic) bond motifs is 7. The first kappa shape index (κ1) is 68.9. The van der Waals surface area contributed by atoms with Crippen LogP contribution in [-0.4, -0.2) is 88.6 Å². The minimum atomic E-state index is -0.926. The van der Waals surface area contributed by atoms with E-state index in [1.54, 1.807) is 94.6 Å². The molecule has 0 amide bonds. The van der Waals surface area contributed by atoms with Gasteiger partial charge in [0.25, 0.3) is 5.56 Å². The van der Waals surface area contributed by atoms with E-state index >= 15 is 0 Å². The Morgan fingerprint density at radius 1 is 0.425 bits per heavy atom. The second kappa shape index (κ2) is 29.9. The molecule has 0 aliphatic rings. The van der Waals surface area contributed by atoms with Crippen LogP contribution < -0.4 is 5.56 Å². The zero-order valence-electron chi connectivity index (χ0n) is 56.6. The van der Waals surface area contributed by atoms with Crippen molar-refractivity contribution < 1.29 is 15.3 Å². The number of nitrogens with zero attached hydrogens (tertiary/aromatic N) is 17. The Balaban J connectivity index is 0.000000127. The molecular formula is C82H60Cl3N17O4. The van der Waals surface area contributed by atoms with E-state index in [0.717, 1.165) is 93.9 Å². The van der Waals surface area contributed by atoms with E-state index < -0.39 is 18.3 Å². The molecule has 0 spiro atoms. The summed E-state index contributed by atoms with van der Waals surface area (Å²) in [6, 6.07) is 72.6. The van der Waals surface area contributed by atoms with Gasteiger partial charge in [-0.15, -0.1) is 10.2 Å². The third-order valence-corrected chi connectivity index (χ3v) is 19.4. The van der Waals surface area contributed by atoms with Crippen molar-refractivity contribution in [2.75, 3.05) is 0 Å². The molecule has 17 rings (SSSR count). The van der Waals surface area contributed by atoms with Crippen LogP contribution in [-0.2, 0) is 26.7 Å². The van der Waals surface area contributed by atoms with Gasteiger partial charge in [0, 0.05) is 64.0 Å². The molecule has 8 aromatic heterocycles. The number of benzene rings is 9. The third-order valence-electron chi connectivity index (χ3n) is 18.6. The summed E-state index contributed by atoms with van der Waals surface area (Å²) < 4.78 is 10.7. The van der Waals surface area contributed by atoms with Crippen LogP contribution in [0.5, 0.6) is 0 Å². The molecule has 21 nitrogen and oxygen atoms in total. The zero-order valence-corrected chi connectivity index (χ0v) is 58.9. The summed E-state index contributed by atoms with van der Waals surface area (Å²) in [5.74, 6) is 0. The number of hydrogen-bond donors (Lipinski definition) is 3. The Hall–Kier alpha value is -12.8. The van der Waals surface area contributed by atoms with Crippen molar-refractivity contribution in [3.05, 3.63) is 349 Å². The largest absolute Gasteiger partial charge is 0.382 e. The molecule has 0 bridgehead atoms. The standard InChI is InChI=1S/C28H21ClN4O2.C27H18ClN7O.C27H21ClN6O/c1-32-25-10-9-21(12-24(25)23(13-27(32)34)20-3-2-4-22(29)11-20)28(35)26-15-31-17-33(26)16-19-7-5-18(14-30)6-8-19;28-21-3-1-2-19(10-21)22-12-26-31-32-33-35(26)24-9-8-20(11-23(22)24)27(36)25-14-30-16-34(25)15-18-6-4-17(13-29)5-7-18;1-17-3-2-4-19(11-17)22-13-26-30-31-32-34(26)24-10-7-20(12-23(22)24)27(35)25-14-29-16-33(25)15-18-5-8-21(28)9-6-18/h2-13,15,17,28,35H,16H2,1H3;1-12,14,16,27,36H,15H2;2-14,16,27,35H,15H2,1H3. The Morgan fingerprint density at radius 3 is 1.21 bits per heavy atom. The van der Waals surface area contributed by atoms with Gasteiger partial charge in [0.05, 0.1) is 94.5 Å². The van der Waals surface area contributed by atoms with Gasteiger partial charge in [-0.3, -0.25) is 4.79 Å². The van der Waals surface area contributed by atoms with E-state index in [1.807, 2.05) is 177 Å². The average Bonchev–Trinajstić information content (AvgIpc) is 1.38. The van der Waals surface area contributed by atoms with E-state index in [-0.39, 0.29) is 5.56 Å². The number of nitriles is 2. The highest BCUT2D eigenvalue weighted by Gasteiger charge is 2.23. The molecule has 8 heterocycles. The predicted molar refractivity (Wildman–Crippen MR) is 407 cm³/mol. The maximum atomic E-state index is 12.6. The van der Waals surface area contributed by atoms with Gasteiger partial charge in [-0.05, 0) is 204 Å². The van der Waals surface area contributed by atoms with Gasteiger partial charge in [-0.25, -0.2) is 15.0 Å². The van der Waals surface area contributed by atoms with E-state index in [1.165, 1.54) is 0 Å². The second-order valence-corrected chi connectivity index (χ2v) is 26.8. The lowest BCUT2D eigenvalue weighted by Crippen LogP contribution is -2.16. The highest BCUT2D eigenvalue weighted by molar-refractivity contribution is 6.31. The van der Waals surface area contributed by atoms with Gasteiger partial charge in [0.1, 0.15) is 18.3 Å². The first-order chi connectivity index (χ1) is 51.6. The Bertz CT molecular complexity index is 6290. The quantitative estimate of drug-likeness (QED) is 0.0861. The summed E-state index contributed by atoms with van der Waals surface area (Å²) in [5, 5.41) is 81.0. The molecular weight excluding hydrogens is 1390 g/mol. The van der Waals surface area contributed by atoms with Gasteiger partial charge in [-0.1, -0.05) is 143 Å². The lowest BCUT2D eigenvalue weighted by atomic mass is 9.96. The molecule has 17 aromatic rings. The molecule has 0 saturated carbocycles. The molecule has 106 heavy (non-hydrogen) atoms. The van der Waals surface area contributed by atoms with E-state index in [9.17, 15) is 20.1 Å². The molecule has 0 radical (unpaired) electrons. The van der Waals surface area contributed by atoms with Crippen LogP contribution in [0.25, 0.3) is 77.4 Å². The minimum Gasteiger partial charge on any atom is -0.382 e. The number of aryl methyl sites for hydroxylation is 2. The van der Waals surface area contributed by atoms with Gasteiger partial charge in [0.15, 0.2) is 11.3 Å². The fourth-order valence-corrected chi connectivity index (χ4v) is 13.7. The fourth-order valence-electron chi connectivity index (χ4n) is 13.2. The topological polar surface area (TPSA) is 270 Å².